The van der Waals surface area contributed by atoms with Gasteiger partial charge in [-0.15, -0.1) is 0 Å². The van der Waals surface area contributed by atoms with Gasteiger partial charge in [-0.05, 0) is 32.0 Å². The third kappa shape index (κ3) is 3.97. The van der Waals surface area contributed by atoms with Crippen LogP contribution in [0.5, 0.6) is 5.75 Å². The number of methoxy groups -OCH3 is 1. The van der Waals surface area contributed by atoms with Gasteiger partial charge in [0.15, 0.2) is 5.13 Å². The van der Waals surface area contributed by atoms with Gasteiger partial charge in [-0.25, -0.2) is 18.2 Å². The molecular formula is C14H15ClN2O5S2. The molecule has 24 heavy (non-hydrogen) atoms. The molecule has 0 aliphatic heterocycles. The average Bonchev–Trinajstić information content (AvgIpc) is 2.87. The van der Waals surface area contributed by atoms with E-state index in [-0.39, 0.29) is 26.5 Å². The Hall–Kier alpha value is -1.84. The summed E-state index contributed by atoms with van der Waals surface area (Å²) in [5.41, 5.74) is 0.393. The fraction of sp³-hybridized carbons (Fsp3) is 0.286. The molecule has 0 unspecified atom stereocenters. The second kappa shape index (κ2) is 7.37. The van der Waals surface area contributed by atoms with Crippen LogP contribution in [0, 0.1) is 6.92 Å². The number of aromatic nitrogens is 1. The zero-order valence-electron chi connectivity index (χ0n) is 13.1. The minimum absolute atomic E-state index is 0.0427. The van der Waals surface area contributed by atoms with Gasteiger partial charge in [0.05, 0.1) is 29.3 Å². The summed E-state index contributed by atoms with van der Waals surface area (Å²) >= 11 is 6.86. The van der Waals surface area contributed by atoms with Crippen LogP contribution in [0.15, 0.2) is 23.1 Å². The highest BCUT2D eigenvalue weighted by Gasteiger charge is 2.21. The SMILES string of the molecule is CCOC(=O)c1sc(NS(=O)(=O)c2ccc(OC)c(Cl)c2)nc1C. The molecule has 0 atom stereocenters. The Kier molecular flexibility index (Phi) is 5.68. The number of carbonyl (C=O) groups is 1. The van der Waals surface area contributed by atoms with E-state index < -0.39 is 16.0 Å². The molecular weight excluding hydrogens is 376 g/mol. The van der Waals surface area contributed by atoms with Crippen molar-refractivity contribution in [3.05, 3.63) is 33.8 Å². The van der Waals surface area contributed by atoms with Crippen LogP contribution in [-0.2, 0) is 14.8 Å². The van der Waals surface area contributed by atoms with Crippen LogP contribution in [0.1, 0.15) is 22.3 Å². The van der Waals surface area contributed by atoms with Crippen LogP contribution in [0.2, 0.25) is 5.02 Å². The molecule has 0 saturated heterocycles. The van der Waals surface area contributed by atoms with E-state index in [1.165, 1.54) is 25.3 Å². The number of benzene rings is 1. The summed E-state index contributed by atoms with van der Waals surface area (Å²) in [4.78, 5) is 16.0. The number of anilines is 1. The Bertz CT molecular complexity index is 864. The molecule has 0 aliphatic carbocycles. The quantitative estimate of drug-likeness (QED) is 0.761. The van der Waals surface area contributed by atoms with E-state index in [0.717, 1.165) is 11.3 Å². The van der Waals surface area contributed by atoms with E-state index >= 15 is 0 Å². The molecule has 2 rings (SSSR count). The van der Waals surface area contributed by atoms with Crippen LogP contribution in [0.4, 0.5) is 5.13 Å². The van der Waals surface area contributed by atoms with Crippen LogP contribution >= 0.6 is 22.9 Å². The predicted octanol–water partition coefficient (Wildman–Crippen LogP) is 3.09. The number of sulfonamides is 1. The molecule has 130 valence electrons. The highest BCUT2D eigenvalue weighted by atomic mass is 35.5. The fourth-order valence-electron chi connectivity index (χ4n) is 1.81. The van der Waals surface area contributed by atoms with Crippen molar-refractivity contribution >= 4 is 44.1 Å². The second-order valence-electron chi connectivity index (χ2n) is 4.56. The zero-order chi connectivity index (χ0) is 17.9. The van der Waals surface area contributed by atoms with Gasteiger partial charge in [0.1, 0.15) is 10.6 Å². The molecule has 0 saturated carbocycles. The molecule has 0 aliphatic rings. The number of halogens is 1. The van der Waals surface area contributed by atoms with Crippen molar-refractivity contribution in [1.29, 1.82) is 0 Å². The number of ether oxygens (including phenoxy) is 2. The molecule has 0 fully saturated rings. The lowest BCUT2D eigenvalue weighted by Gasteiger charge is -2.07. The third-order valence-electron chi connectivity index (χ3n) is 2.91. The molecule has 2 aromatic rings. The maximum atomic E-state index is 12.4. The lowest BCUT2D eigenvalue weighted by atomic mass is 10.3. The first-order valence-electron chi connectivity index (χ1n) is 6.79. The summed E-state index contributed by atoms with van der Waals surface area (Å²) in [6, 6.07) is 4.09. The van der Waals surface area contributed by atoms with E-state index in [0.29, 0.717) is 11.4 Å². The van der Waals surface area contributed by atoms with Crippen LogP contribution < -0.4 is 9.46 Å². The van der Waals surface area contributed by atoms with Gasteiger partial charge < -0.3 is 9.47 Å². The van der Waals surface area contributed by atoms with Crippen molar-refractivity contribution in [3.8, 4) is 5.75 Å². The number of nitrogens with one attached hydrogen (secondary N) is 1. The summed E-state index contributed by atoms with van der Waals surface area (Å²) in [5, 5.41) is 0.241. The Morgan fingerprint density at radius 2 is 2.12 bits per heavy atom. The molecule has 1 aromatic carbocycles. The van der Waals surface area contributed by atoms with Crippen molar-refractivity contribution in [1.82, 2.24) is 4.98 Å². The van der Waals surface area contributed by atoms with Gasteiger partial charge >= 0.3 is 5.97 Å². The topological polar surface area (TPSA) is 94.6 Å². The number of aryl methyl sites for hydroxylation is 1. The van der Waals surface area contributed by atoms with Crippen LogP contribution in [-0.4, -0.2) is 33.1 Å². The summed E-state index contributed by atoms with van der Waals surface area (Å²) < 4.78 is 37.0. The molecule has 0 bridgehead atoms. The van der Waals surface area contributed by atoms with E-state index in [2.05, 4.69) is 9.71 Å². The minimum atomic E-state index is -3.90. The fourth-order valence-corrected chi connectivity index (χ4v) is 4.26. The Balaban J connectivity index is 2.28. The highest BCUT2D eigenvalue weighted by Crippen LogP contribution is 2.29. The standard InChI is InChI=1S/C14H15ClN2O5S2/c1-4-22-13(18)12-8(2)16-14(23-12)17-24(19,20)9-5-6-11(21-3)10(15)7-9/h5-7H,4H2,1-3H3,(H,16,17). The molecule has 0 spiro atoms. The minimum Gasteiger partial charge on any atom is -0.495 e. The van der Waals surface area contributed by atoms with Gasteiger partial charge in [0.2, 0.25) is 0 Å². The van der Waals surface area contributed by atoms with Crippen molar-refractivity contribution in [3.63, 3.8) is 0 Å². The molecule has 1 heterocycles. The summed E-state index contributed by atoms with van der Waals surface area (Å²) in [5.74, 6) is -0.171. The monoisotopic (exact) mass is 390 g/mol. The van der Waals surface area contributed by atoms with Gasteiger partial charge in [-0.2, -0.15) is 0 Å². The van der Waals surface area contributed by atoms with Crippen LogP contribution in [0.3, 0.4) is 0 Å². The molecule has 7 nitrogen and oxygen atoms in total. The maximum absolute atomic E-state index is 12.4. The van der Waals surface area contributed by atoms with Crippen molar-refractivity contribution in [2.75, 3.05) is 18.4 Å². The number of thiazole rings is 1. The second-order valence-corrected chi connectivity index (χ2v) is 7.64. The summed E-state index contributed by atoms with van der Waals surface area (Å²) in [6.45, 7) is 3.51. The number of hydrogen-bond donors (Lipinski definition) is 1. The first kappa shape index (κ1) is 18.5. The van der Waals surface area contributed by atoms with E-state index in [9.17, 15) is 13.2 Å². The summed E-state index contributed by atoms with van der Waals surface area (Å²) in [6.07, 6.45) is 0. The number of carbonyl (C=O) groups excluding carboxylic acids is 1. The first-order chi connectivity index (χ1) is 11.3. The predicted molar refractivity (Wildman–Crippen MR) is 91.6 cm³/mol. The van der Waals surface area contributed by atoms with Crippen molar-refractivity contribution < 1.29 is 22.7 Å². The van der Waals surface area contributed by atoms with Crippen LogP contribution in [0.25, 0.3) is 0 Å². The molecule has 1 aromatic heterocycles. The highest BCUT2D eigenvalue weighted by molar-refractivity contribution is 7.93. The number of esters is 1. The smallest absolute Gasteiger partial charge is 0.350 e. The first-order valence-corrected chi connectivity index (χ1v) is 9.47. The normalized spacial score (nSPS) is 11.2. The average molecular weight is 391 g/mol. The third-order valence-corrected chi connectivity index (χ3v) is 5.73. The largest absolute Gasteiger partial charge is 0.495 e. The van der Waals surface area contributed by atoms with Gasteiger partial charge in [-0.3, -0.25) is 4.72 Å². The Morgan fingerprint density at radius 1 is 1.42 bits per heavy atom. The lowest BCUT2D eigenvalue weighted by Crippen LogP contribution is -2.12. The number of hydrogen-bond acceptors (Lipinski definition) is 7. The number of rotatable bonds is 6. The van der Waals surface area contributed by atoms with E-state index in [1.807, 2.05) is 0 Å². The molecule has 0 radical (unpaired) electrons. The van der Waals surface area contributed by atoms with Gasteiger partial charge in [0.25, 0.3) is 10.0 Å². The van der Waals surface area contributed by atoms with Crippen molar-refractivity contribution in [2.45, 2.75) is 18.7 Å². The number of nitrogens with zero attached hydrogens (tertiary/aromatic N) is 1. The lowest BCUT2D eigenvalue weighted by molar-refractivity contribution is 0.0531. The zero-order valence-corrected chi connectivity index (χ0v) is 15.5. The van der Waals surface area contributed by atoms with Crippen molar-refractivity contribution in [2.24, 2.45) is 0 Å². The maximum Gasteiger partial charge on any atom is 0.350 e. The Labute approximate surface area is 148 Å². The van der Waals surface area contributed by atoms with Gasteiger partial charge in [0, 0.05) is 0 Å². The van der Waals surface area contributed by atoms with E-state index in [1.54, 1.807) is 13.8 Å². The molecule has 0 amide bonds. The van der Waals surface area contributed by atoms with E-state index in [4.69, 9.17) is 21.1 Å². The Morgan fingerprint density at radius 3 is 2.71 bits per heavy atom. The summed E-state index contributed by atoms with van der Waals surface area (Å²) in [7, 11) is -2.46. The molecule has 1 N–H and O–H groups in total. The van der Waals surface area contributed by atoms with Gasteiger partial charge in [-0.1, -0.05) is 22.9 Å². The molecule has 10 heteroatoms.